The van der Waals surface area contributed by atoms with Crippen LogP contribution in [0, 0.1) is 12.3 Å². The van der Waals surface area contributed by atoms with Crippen molar-refractivity contribution in [1.29, 1.82) is 0 Å². The van der Waals surface area contributed by atoms with Gasteiger partial charge in [0.05, 0.1) is 6.61 Å². The number of esters is 1. The average molecular weight is 1290 g/mol. The van der Waals surface area contributed by atoms with E-state index in [9.17, 15) is 18.9 Å². The van der Waals surface area contributed by atoms with E-state index >= 15 is 0 Å². The number of ether oxygens (including phenoxy) is 1. The summed E-state index contributed by atoms with van der Waals surface area (Å²) >= 11 is 23.4. The Hall–Kier alpha value is -10.5. The normalized spacial score (nSPS) is 10.7. The molecule has 446 valence electrons. The molecule has 0 atom stereocenters. The molecule has 0 aliphatic carbocycles. The van der Waals surface area contributed by atoms with Gasteiger partial charge in [0.25, 0.3) is 11.8 Å². The van der Waals surface area contributed by atoms with Crippen LogP contribution < -0.4 is 21.3 Å². The van der Waals surface area contributed by atoms with Crippen LogP contribution in [0.2, 0.25) is 20.1 Å². The first-order valence-electron chi connectivity index (χ1n) is 23.7. The maximum atomic E-state index is 11.4. The number of aldehydes is 1. The van der Waals surface area contributed by atoms with Gasteiger partial charge in [-0.15, -0.1) is 16.6 Å². The van der Waals surface area contributed by atoms with Gasteiger partial charge in [-0.05, 0) is 61.4 Å². The molecule has 0 bridgehead atoms. The van der Waals surface area contributed by atoms with E-state index in [1.54, 1.807) is 79.7 Å². The molecule has 8 heterocycles. The number of anilines is 8. The summed E-state index contributed by atoms with van der Waals surface area (Å²) in [7, 11) is -1.51. The first-order chi connectivity index (χ1) is 41.9. The third kappa shape index (κ3) is 16.7. The smallest absolute Gasteiger partial charge is 0.446 e. The summed E-state index contributed by atoms with van der Waals surface area (Å²) < 4.78 is 66.7. The molecule has 0 amide bonds. The zero-order chi connectivity index (χ0) is 62.2. The van der Waals surface area contributed by atoms with E-state index in [1.165, 1.54) is 0 Å². The van der Waals surface area contributed by atoms with Crippen molar-refractivity contribution < 1.29 is 78.0 Å². The number of carbonyl (C=O) groups is 3. The molecule has 0 fully saturated rings. The summed E-state index contributed by atoms with van der Waals surface area (Å²) in [5, 5.41) is 50.5. The lowest BCUT2D eigenvalue weighted by molar-refractivity contribution is -0.114. The lowest BCUT2D eigenvalue weighted by Gasteiger charge is -2.05. The van der Waals surface area contributed by atoms with Crippen LogP contribution in [0.4, 0.5) is 48.1 Å². The number of terminal acetylenes is 1. The van der Waals surface area contributed by atoms with Crippen LogP contribution in [0.15, 0.2) is 108 Å². The maximum absolute atomic E-state index is 11.4. The van der Waals surface area contributed by atoms with Crippen molar-refractivity contribution in [2.75, 3.05) is 42.1 Å². The third-order valence-electron chi connectivity index (χ3n) is 9.97. The van der Waals surface area contributed by atoms with E-state index in [0.29, 0.717) is 70.8 Å². The molecule has 39 heteroatoms. The van der Waals surface area contributed by atoms with Crippen molar-refractivity contribution in [3.63, 3.8) is 0 Å². The molecule has 34 nitrogen and oxygen atoms in total. The second kappa shape index (κ2) is 28.9. The first kappa shape index (κ1) is 62.6. The number of ketones is 1. The SMILES string of the molecule is C#Cc1nnc(Nc2nc3ccc(Cl)cc3o2)o1.CCOC(=O)c1nnc(Nc2nc3ccc(Cl)cc3o2)o1.COP(=O)(OC)C(=[N+]=[N-])C(C)=O.O=Cc1nnc(Nc2nc3ccc(Cl)cc3o2)o1.OCc1nnc(Nc2nc3ccc(Cl)cc3o2)o1. The minimum Gasteiger partial charge on any atom is -0.459 e. The van der Waals surface area contributed by atoms with Crippen molar-refractivity contribution in [1.82, 2.24) is 60.7 Å². The number of aliphatic hydroxyl groups is 1. The van der Waals surface area contributed by atoms with Crippen LogP contribution in [0.25, 0.3) is 49.9 Å². The minimum absolute atomic E-state index is 0.0229. The van der Waals surface area contributed by atoms with Crippen molar-refractivity contribution >= 4 is 170 Å². The second-order valence-electron chi connectivity index (χ2n) is 15.8. The number of carbonyl (C=O) groups excluding carboxylic acids is 3. The zero-order valence-corrected chi connectivity index (χ0v) is 48.2. The summed E-state index contributed by atoms with van der Waals surface area (Å²) in [6.07, 6.45) is 5.56. The van der Waals surface area contributed by atoms with Crippen molar-refractivity contribution in [2.45, 2.75) is 20.5 Å². The zero-order valence-electron chi connectivity index (χ0n) is 44.3. The quantitative estimate of drug-likeness (QED) is 0.0114. The van der Waals surface area contributed by atoms with Gasteiger partial charge in [-0.1, -0.05) is 77.0 Å². The summed E-state index contributed by atoms with van der Waals surface area (Å²) in [5.41, 5.74) is 12.4. The van der Waals surface area contributed by atoms with Crippen molar-refractivity contribution in [3.05, 3.63) is 122 Å². The Balaban J connectivity index is 0.000000143. The summed E-state index contributed by atoms with van der Waals surface area (Å²) in [5.74, 6) is 0.673. The monoisotopic (exact) mass is 1290 g/mol. The van der Waals surface area contributed by atoms with Gasteiger partial charge in [0, 0.05) is 65.5 Å². The van der Waals surface area contributed by atoms with E-state index in [2.05, 4.69) is 102 Å². The van der Waals surface area contributed by atoms with Crippen LogP contribution in [0.1, 0.15) is 47.0 Å². The number of nitrogens with one attached hydrogen (secondary N) is 4. The number of Topliss-reactive ketones (excluding diaryl/α,β-unsaturated/α-hetero) is 1. The Morgan fingerprint density at radius 3 is 1.36 bits per heavy atom. The van der Waals surface area contributed by atoms with Gasteiger partial charge in [-0.25, -0.2) is 9.36 Å². The molecule has 12 rings (SSSR count). The van der Waals surface area contributed by atoms with Crippen molar-refractivity contribution in [3.8, 4) is 12.3 Å². The van der Waals surface area contributed by atoms with Gasteiger partial charge in [0.1, 0.15) is 28.7 Å². The number of oxazole rings is 4. The average Bonchev–Trinajstić information content (AvgIpc) is 3.57. The molecule has 0 saturated heterocycles. The topological polar surface area (TPSA) is 461 Å². The lowest BCUT2D eigenvalue weighted by atomic mass is 10.3. The van der Waals surface area contributed by atoms with E-state index in [-0.39, 0.29) is 84.9 Å². The molecule has 5 N–H and O–H groups in total. The summed E-state index contributed by atoms with van der Waals surface area (Å²) in [6.45, 7) is 2.67. The molecule has 0 aliphatic rings. The summed E-state index contributed by atoms with van der Waals surface area (Å²) in [4.78, 5) is 51.7. The fourth-order valence-electron chi connectivity index (χ4n) is 6.32. The predicted octanol–water partition coefficient (Wildman–Crippen LogP) is 10.6. The number of nitrogens with zero attached hydrogens (tertiary/aromatic N) is 14. The van der Waals surface area contributed by atoms with Gasteiger partial charge in [-0.2, -0.15) is 24.7 Å². The molecule has 0 aliphatic heterocycles. The third-order valence-corrected chi connectivity index (χ3v) is 12.8. The van der Waals surface area contributed by atoms with Crippen LogP contribution in [-0.2, 0) is 29.8 Å². The standard InChI is InChI=1S/C12H9ClN4O4.C11H5ClN4O2.C10H7ClN4O3.C10H5ClN4O3.C5H9N2O4P/c1-2-19-10(18)9-16-17-12(21-9)15-11-14-7-4-3-6(13)5-8(7)20-11;1-2-9-15-16-11(18-9)14-10-13-7-4-3-6(12)5-8(7)17-10;2*11-5-1-2-6-7(3-5)17-9(12-6)13-10-15-14-8(4-16)18-10;1-4(8)5(7-6)12(9,10-2)11-3/h3-5H,2H2,1H3,(H,14,15,17);1,3-5H,(H,13,14,16);1-3,16H,4H2,(H,12,13,15);1-4H,(H,12,13,15);1-3H3. The van der Waals surface area contributed by atoms with Gasteiger partial charge < -0.3 is 59.8 Å². The molecule has 8 aromatic heterocycles. The molecule has 0 unspecified atom stereocenters. The Morgan fingerprint density at radius 2 is 1.01 bits per heavy atom. The number of benzene rings is 4. The highest BCUT2D eigenvalue weighted by molar-refractivity contribution is 7.74. The van der Waals surface area contributed by atoms with E-state index in [4.69, 9.17) is 104 Å². The van der Waals surface area contributed by atoms with E-state index in [0.717, 1.165) is 21.1 Å². The highest BCUT2D eigenvalue weighted by Crippen LogP contribution is 2.47. The number of fused-ring (bicyclic) bond motifs is 4. The number of hydrogen-bond donors (Lipinski definition) is 5. The van der Waals surface area contributed by atoms with Crippen LogP contribution in [0.3, 0.4) is 0 Å². The van der Waals surface area contributed by atoms with Gasteiger partial charge in [0.15, 0.2) is 22.3 Å². The fourth-order valence-corrected chi connectivity index (χ4v) is 7.96. The lowest BCUT2D eigenvalue weighted by Crippen LogP contribution is -2.13. The van der Waals surface area contributed by atoms with E-state index in [1.807, 2.05) is 0 Å². The molecular formula is C48H35Cl4N18O16P. The number of halogens is 4. The Bertz CT molecular complexity index is 4530. The first-order valence-corrected chi connectivity index (χ1v) is 26.8. The maximum Gasteiger partial charge on any atom is 0.446 e. The van der Waals surface area contributed by atoms with Crippen molar-refractivity contribution in [2.24, 2.45) is 0 Å². The Labute approximate surface area is 503 Å². The molecule has 12 aromatic rings. The Morgan fingerprint density at radius 1 is 0.609 bits per heavy atom. The van der Waals surface area contributed by atoms with Gasteiger partial charge in [0.2, 0.25) is 18.0 Å². The highest BCUT2D eigenvalue weighted by atomic mass is 35.5. The number of hydrogen-bond acceptors (Lipinski definition) is 32. The largest absolute Gasteiger partial charge is 0.459 e. The molecule has 0 saturated carbocycles. The second-order valence-corrected chi connectivity index (χ2v) is 19.7. The van der Waals surface area contributed by atoms with Gasteiger partial charge in [-0.3, -0.25) is 30.9 Å². The van der Waals surface area contributed by atoms with E-state index < -0.39 is 24.8 Å². The van der Waals surface area contributed by atoms with Gasteiger partial charge >= 0.3 is 73.0 Å². The Kier molecular flexibility index (Phi) is 20.8. The summed E-state index contributed by atoms with van der Waals surface area (Å²) in [6, 6.07) is 21.3. The minimum atomic E-state index is -3.70. The fraction of sp³-hybridized carbons (Fsp3) is 0.125. The predicted molar refractivity (Wildman–Crippen MR) is 303 cm³/mol. The van der Waals surface area contributed by atoms with Crippen LogP contribution in [0.5, 0.6) is 0 Å². The number of rotatable bonds is 16. The van der Waals surface area contributed by atoms with Crippen LogP contribution >= 0.6 is 54.0 Å². The molecular weight excluding hydrogens is 1260 g/mol. The number of aliphatic hydroxyl groups excluding tert-OH is 1. The molecule has 4 aromatic carbocycles. The number of aromatic nitrogens is 12. The molecule has 0 radical (unpaired) electrons. The molecule has 87 heavy (non-hydrogen) atoms. The van der Waals surface area contributed by atoms with Crippen LogP contribution in [-0.4, -0.2) is 115 Å². The highest BCUT2D eigenvalue weighted by Gasteiger charge is 2.41. The molecule has 0 spiro atoms.